The number of hydrogen-bond acceptors (Lipinski definition) is 12. The first kappa shape index (κ1) is 36.9. The molecule has 241 valence electrons. The van der Waals surface area contributed by atoms with Gasteiger partial charge >= 0.3 is 5.95 Å². The molecule has 0 atom stereocenters. The van der Waals surface area contributed by atoms with Gasteiger partial charge in [0.1, 0.15) is 35.0 Å². The number of anilines is 2. The Morgan fingerprint density at radius 3 is 1.57 bits per heavy atom. The Morgan fingerprint density at radius 1 is 0.745 bits per heavy atom. The molecule has 2 aromatic carbocycles. The zero-order chi connectivity index (χ0) is 33.6. The summed E-state index contributed by atoms with van der Waals surface area (Å²) in [6.07, 6.45) is 0. The zero-order valence-electron chi connectivity index (χ0n) is 25.9. The molecule has 4 aromatic rings. The topological polar surface area (TPSA) is 210 Å². The Morgan fingerprint density at radius 2 is 1.23 bits per heavy atom. The fourth-order valence-corrected chi connectivity index (χ4v) is 4.08. The zero-order valence-corrected chi connectivity index (χ0v) is 26.9. The van der Waals surface area contributed by atoms with E-state index in [4.69, 9.17) is 23.7 Å². The van der Waals surface area contributed by atoms with Crippen molar-refractivity contribution in [3.8, 4) is 23.6 Å². The summed E-state index contributed by atoms with van der Waals surface area (Å²) in [7, 11) is 0. The SMILES string of the molecule is CCN(CC)c1ccc(N=Nc2nc(C#N)c(C#N)[nH]2)c(O)c1.[C-]#[N+]c1nc(N=Nc2ccc(N(CC)CC)cc2O)[nH]c1[N+]#[C-].[Co]. The second-order valence-corrected chi connectivity index (χ2v) is 9.05. The van der Waals surface area contributed by atoms with E-state index < -0.39 is 0 Å². The monoisotopic (exact) mass is 677 g/mol. The molecule has 0 saturated carbocycles. The van der Waals surface area contributed by atoms with E-state index in [0.717, 1.165) is 37.6 Å². The van der Waals surface area contributed by atoms with E-state index in [1.54, 1.807) is 30.3 Å². The molecule has 16 nitrogen and oxygen atoms in total. The van der Waals surface area contributed by atoms with Gasteiger partial charge in [-0.25, -0.2) is 0 Å². The summed E-state index contributed by atoms with van der Waals surface area (Å²) in [6, 6.07) is 13.8. The largest absolute Gasteiger partial charge is 0.506 e. The maximum absolute atomic E-state index is 10.1. The van der Waals surface area contributed by atoms with Crippen LogP contribution in [0.5, 0.6) is 11.5 Å². The van der Waals surface area contributed by atoms with E-state index in [-0.39, 0.29) is 74.6 Å². The van der Waals surface area contributed by atoms with Gasteiger partial charge < -0.3 is 34.7 Å². The van der Waals surface area contributed by atoms with Crippen LogP contribution in [-0.4, -0.2) is 56.3 Å². The number of nitrogens with zero attached hydrogens (tertiary/aromatic N) is 12. The van der Waals surface area contributed by atoms with Crippen molar-refractivity contribution in [3.63, 3.8) is 0 Å². The van der Waals surface area contributed by atoms with Crippen molar-refractivity contribution >= 4 is 46.3 Å². The molecule has 0 amide bonds. The average molecular weight is 678 g/mol. The van der Waals surface area contributed by atoms with Gasteiger partial charge in [-0.3, -0.25) is 4.98 Å². The molecule has 2 aromatic heterocycles. The van der Waals surface area contributed by atoms with E-state index in [0.29, 0.717) is 0 Å². The van der Waals surface area contributed by atoms with Gasteiger partial charge in [-0.2, -0.15) is 15.5 Å². The van der Waals surface area contributed by atoms with Crippen molar-refractivity contribution in [1.82, 2.24) is 19.9 Å². The fourth-order valence-electron chi connectivity index (χ4n) is 4.08. The summed E-state index contributed by atoms with van der Waals surface area (Å²) >= 11 is 0. The minimum atomic E-state index is -0.0462. The smallest absolute Gasteiger partial charge is 0.414 e. The molecule has 2 heterocycles. The minimum absolute atomic E-state index is 0. The molecule has 4 N–H and O–H groups in total. The number of azo groups is 2. The van der Waals surface area contributed by atoms with Crippen molar-refractivity contribution in [1.29, 1.82) is 10.5 Å². The van der Waals surface area contributed by atoms with Crippen LogP contribution in [0.3, 0.4) is 0 Å². The molecular formula is C30H30CoN14O2. The minimum Gasteiger partial charge on any atom is -0.506 e. The van der Waals surface area contributed by atoms with E-state index in [1.807, 2.05) is 45.9 Å². The number of nitriles is 2. The van der Waals surface area contributed by atoms with Crippen LogP contribution in [0.25, 0.3) is 9.69 Å². The van der Waals surface area contributed by atoms with Gasteiger partial charge in [0.05, 0.1) is 0 Å². The van der Waals surface area contributed by atoms with Crippen LogP contribution in [0.15, 0.2) is 56.9 Å². The van der Waals surface area contributed by atoms with Gasteiger partial charge in [-0.1, -0.05) is 23.2 Å². The van der Waals surface area contributed by atoms with Gasteiger partial charge in [0, 0.05) is 66.5 Å². The predicted molar refractivity (Wildman–Crippen MR) is 171 cm³/mol. The Balaban J connectivity index is 0.000000320. The number of phenols is 2. The van der Waals surface area contributed by atoms with Crippen molar-refractivity contribution in [2.24, 2.45) is 20.5 Å². The molecule has 0 unspecified atom stereocenters. The normalized spacial score (nSPS) is 10.2. The molecule has 0 aliphatic rings. The van der Waals surface area contributed by atoms with Crippen LogP contribution in [0.2, 0.25) is 0 Å². The van der Waals surface area contributed by atoms with Gasteiger partial charge in [0.25, 0.3) is 11.6 Å². The second-order valence-electron chi connectivity index (χ2n) is 9.05. The number of nitrogens with one attached hydrogen (secondary N) is 2. The molecule has 17 heteroatoms. The number of H-pyrrole nitrogens is 2. The summed E-state index contributed by atoms with van der Waals surface area (Å²) in [4.78, 5) is 23.3. The van der Waals surface area contributed by atoms with E-state index in [1.165, 1.54) is 0 Å². The molecule has 0 aliphatic heterocycles. The molecule has 47 heavy (non-hydrogen) atoms. The number of rotatable bonds is 10. The van der Waals surface area contributed by atoms with Crippen LogP contribution in [-0.2, 0) is 16.8 Å². The molecule has 0 saturated heterocycles. The Labute approximate surface area is 281 Å². The van der Waals surface area contributed by atoms with Gasteiger partial charge in [-0.05, 0) is 52.0 Å². The third-order valence-electron chi connectivity index (χ3n) is 6.46. The van der Waals surface area contributed by atoms with E-state index in [2.05, 4.69) is 59.9 Å². The van der Waals surface area contributed by atoms with Gasteiger partial charge in [0.15, 0.2) is 11.4 Å². The molecule has 0 bridgehead atoms. The van der Waals surface area contributed by atoms with Crippen molar-refractivity contribution in [2.45, 2.75) is 27.7 Å². The average Bonchev–Trinajstić information content (AvgIpc) is 3.68. The third-order valence-corrected chi connectivity index (χ3v) is 6.46. The standard InChI is InChI=1S/2C15H15N7O.Co/c1-5-22(6-2)10-7-8-11(12(23)9-10)20-21-15-18-13(16-3)14(17-4)19-15;1-3-22(4-2)10-5-6-11(14(23)7-10)20-21-15-18-12(8-16)13(9-17)19-15;/h7-9,23H,5-6H2,1-2H3,(H,18,19);5-7,23H,3-4H2,1-2H3,(H,18,19);. The summed E-state index contributed by atoms with van der Waals surface area (Å²) < 4.78 is 0. The Bertz CT molecular complexity index is 1690. The Hall–Kier alpha value is -6.27. The van der Waals surface area contributed by atoms with Crippen LogP contribution in [0, 0.1) is 35.8 Å². The van der Waals surface area contributed by atoms with E-state index in [9.17, 15) is 10.2 Å². The van der Waals surface area contributed by atoms with Gasteiger partial charge in [0.2, 0.25) is 5.95 Å². The molecule has 1 radical (unpaired) electrons. The number of hydrogen-bond donors (Lipinski definition) is 4. The van der Waals surface area contributed by atoms with Crippen LogP contribution in [0.4, 0.5) is 46.3 Å². The van der Waals surface area contributed by atoms with Crippen molar-refractivity contribution in [2.75, 3.05) is 36.0 Å². The quantitative estimate of drug-likeness (QED) is 0.0967. The first-order valence-electron chi connectivity index (χ1n) is 14.0. The summed E-state index contributed by atoms with van der Waals surface area (Å²) in [6.45, 7) is 25.3. The number of aromatic nitrogens is 4. The van der Waals surface area contributed by atoms with E-state index >= 15 is 0 Å². The molecule has 0 fully saturated rings. The molecule has 0 aliphatic carbocycles. The summed E-state index contributed by atoms with van der Waals surface area (Å²) in [5, 5.41) is 53.2. The number of benzene rings is 2. The maximum atomic E-state index is 10.1. The van der Waals surface area contributed by atoms with Crippen LogP contribution in [0.1, 0.15) is 39.1 Å². The molecule has 4 rings (SSSR count). The summed E-state index contributed by atoms with van der Waals surface area (Å²) in [5.74, 6) is 0.0517. The number of aromatic hydroxyl groups is 2. The van der Waals surface area contributed by atoms with Crippen molar-refractivity contribution < 1.29 is 27.0 Å². The number of phenolic OH excluding ortho intramolecular Hbond substituents is 2. The van der Waals surface area contributed by atoms with Crippen LogP contribution >= 0.6 is 0 Å². The third kappa shape index (κ3) is 9.36. The molecular weight excluding hydrogens is 647 g/mol. The fraction of sp³-hybridized carbons (Fsp3) is 0.267. The van der Waals surface area contributed by atoms with Crippen LogP contribution < -0.4 is 9.80 Å². The number of imidazole rings is 2. The summed E-state index contributed by atoms with van der Waals surface area (Å²) in [5.41, 5.74) is 2.34. The van der Waals surface area contributed by atoms with Gasteiger partial charge in [-0.15, -0.1) is 15.3 Å². The first-order valence-corrected chi connectivity index (χ1v) is 14.0. The first-order chi connectivity index (χ1) is 22.2. The predicted octanol–water partition coefficient (Wildman–Crippen LogP) is 7.60. The Kier molecular flexibility index (Phi) is 14.0. The van der Waals surface area contributed by atoms with Crippen molar-refractivity contribution in [3.05, 3.63) is 70.6 Å². The second kappa shape index (κ2) is 17.9. The number of aromatic amines is 2. The maximum Gasteiger partial charge on any atom is 0.414 e. The molecule has 0 spiro atoms.